The van der Waals surface area contributed by atoms with E-state index in [9.17, 15) is 9.59 Å². The Hall–Kier alpha value is -1.77. The maximum Gasteiger partial charge on any atom is 0.274 e. The number of carbonyl (C=O) groups is 1. The van der Waals surface area contributed by atoms with Crippen LogP contribution in [0.2, 0.25) is 0 Å². The number of nitrogens with one attached hydrogen (secondary N) is 2. The van der Waals surface area contributed by atoms with Crippen molar-refractivity contribution in [2.24, 2.45) is 11.8 Å². The van der Waals surface area contributed by atoms with Gasteiger partial charge in [0.05, 0.1) is 0 Å². The summed E-state index contributed by atoms with van der Waals surface area (Å²) in [6.45, 7) is 3.94. The molecule has 0 unspecified atom stereocenters. The van der Waals surface area contributed by atoms with Gasteiger partial charge in [0, 0.05) is 36.3 Å². The molecule has 144 valence electrons. The average Bonchev–Trinajstić information content (AvgIpc) is 3.15. The SMILES string of the molecule is O=C(NC[C@H]1[C@@H]2CNC[C@@H](C2)[C@@H]2CCCCN21)c1cc(=O)nc2sccn12. The number of rotatable bonds is 3. The first kappa shape index (κ1) is 17.3. The Morgan fingerprint density at radius 1 is 1.33 bits per heavy atom. The number of nitrogens with zero attached hydrogens (tertiary/aromatic N) is 3. The lowest BCUT2D eigenvalue weighted by Crippen LogP contribution is -2.65. The molecule has 0 aromatic carbocycles. The molecule has 0 aliphatic carbocycles. The third kappa shape index (κ3) is 3.09. The van der Waals surface area contributed by atoms with Crippen molar-refractivity contribution >= 4 is 22.2 Å². The highest BCUT2D eigenvalue weighted by Crippen LogP contribution is 2.38. The first-order valence-electron chi connectivity index (χ1n) is 9.92. The average molecular weight is 388 g/mol. The molecule has 1 amide bonds. The van der Waals surface area contributed by atoms with Crippen LogP contribution >= 0.6 is 11.3 Å². The highest BCUT2D eigenvalue weighted by atomic mass is 32.1. The van der Waals surface area contributed by atoms with E-state index in [2.05, 4.69) is 20.5 Å². The van der Waals surface area contributed by atoms with Crippen LogP contribution < -0.4 is 16.2 Å². The molecule has 4 atom stereocenters. The highest BCUT2D eigenvalue weighted by molar-refractivity contribution is 7.15. The number of piperidine rings is 3. The van der Waals surface area contributed by atoms with Gasteiger partial charge in [-0.05, 0) is 50.7 Å². The van der Waals surface area contributed by atoms with Gasteiger partial charge < -0.3 is 10.6 Å². The molecule has 3 aliphatic rings. The molecular weight excluding hydrogens is 362 g/mol. The summed E-state index contributed by atoms with van der Waals surface area (Å²) in [6.07, 6.45) is 6.90. The summed E-state index contributed by atoms with van der Waals surface area (Å²) in [7, 11) is 0. The second-order valence-corrected chi connectivity index (χ2v) is 8.90. The smallest absolute Gasteiger partial charge is 0.274 e. The van der Waals surface area contributed by atoms with Crippen LogP contribution in [0.25, 0.3) is 4.96 Å². The Kier molecular flexibility index (Phi) is 4.49. The summed E-state index contributed by atoms with van der Waals surface area (Å²) >= 11 is 1.36. The molecule has 0 radical (unpaired) electrons. The molecule has 2 bridgehead atoms. The minimum atomic E-state index is -0.365. The third-order valence-corrected chi connectivity index (χ3v) is 7.30. The quantitative estimate of drug-likeness (QED) is 0.820. The van der Waals surface area contributed by atoms with Gasteiger partial charge in [0.25, 0.3) is 11.5 Å². The second-order valence-electron chi connectivity index (χ2n) is 8.03. The Morgan fingerprint density at radius 2 is 2.22 bits per heavy atom. The molecule has 27 heavy (non-hydrogen) atoms. The van der Waals surface area contributed by atoms with Crippen molar-refractivity contribution in [1.82, 2.24) is 24.9 Å². The second kappa shape index (κ2) is 7.00. The van der Waals surface area contributed by atoms with Crippen molar-refractivity contribution in [3.8, 4) is 0 Å². The fourth-order valence-corrected chi connectivity index (χ4v) is 6.08. The van der Waals surface area contributed by atoms with E-state index in [1.807, 2.05) is 5.38 Å². The number of aromatic nitrogens is 2. The molecule has 2 aromatic heterocycles. The monoisotopic (exact) mass is 387 g/mol. The molecule has 5 heterocycles. The molecule has 3 fully saturated rings. The normalized spacial score (nSPS) is 30.8. The van der Waals surface area contributed by atoms with Gasteiger partial charge in [-0.3, -0.25) is 18.9 Å². The van der Waals surface area contributed by atoms with Gasteiger partial charge in [0.1, 0.15) is 5.69 Å². The van der Waals surface area contributed by atoms with Crippen LogP contribution in [-0.4, -0.2) is 58.5 Å². The molecule has 5 rings (SSSR count). The molecule has 2 N–H and O–H groups in total. The first-order valence-corrected chi connectivity index (χ1v) is 10.8. The Balaban J connectivity index is 1.35. The lowest BCUT2D eigenvalue weighted by Gasteiger charge is -2.55. The highest BCUT2D eigenvalue weighted by Gasteiger charge is 2.45. The zero-order valence-corrected chi connectivity index (χ0v) is 16.1. The lowest BCUT2D eigenvalue weighted by atomic mass is 9.73. The topological polar surface area (TPSA) is 78.7 Å². The Labute approximate surface area is 161 Å². The maximum absolute atomic E-state index is 12.9. The van der Waals surface area contributed by atoms with Gasteiger partial charge in [-0.25, -0.2) is 0 Å². The number of fused-ring (bicyclic) bond motifs is 5. The molecule has 0 spiro atoms. The maximum atomic E-state index is 12.9. The summed E-state index contributed by atoms with van der Waals surface area (Å²) in [6, 6.07) is 2.36. The number of hydrogen-bond donors (Lipinski definition) is 2. The van der Waals surface area contributed by atoms with Gasteiger partial charge in [-0.2, -0.15) is 4.98 Å². The molecule has 3 aliphatic heterocycles. The molecular formula is C19H25N5O2S. The minimum Gasteiger partial charge on any atom is -0.349 e. The Bertz CT molecular complexity index is 909. The molecule has 7 nitrogen and oxygen atoms in total. The first-order chi connectivity index (χ1) is 13.2. The van der Waals surface area contributed by atoms with E-state index in [1.165, 1.54) is 43.1 Å². The van der Waals surface area contributed by atoms with Crippen LogP contribution in [0.5, 0.6) is 0 Å². The summed E-state index contributed by atoms with van der Waals surface area (Å²) in [5.41, 5.74) is 0.00702. The van der Waals surface area contributed by atoms with Gasteiger partial charge in [0.15, 0.2) is 4.96 Å². The van der Waals surface area contributed by atoms with Crippen LogP contribution in [-0.2, 0) is 0 Å². The fraction of sp³-hybridized carbons (Fsp3) is 0.632. The van der Waals surface area contributed by atoms with Gasteiger partial charge in [0.2, 0.25) is 0 Å². The summed E-state index contributed by atoms with van der Waals surface area (Å²) in [5, 5.41) is 8.57. The minimum absolute atomic E-state index is 0.192. The standard InChI is InChI=1S/C19H25N5O2S/c25-17-8-15(24-5-6-27-19(24)22-17)18(26)21-11-16-13-7-12(9-20-10-13)14-3-1-2-4-23(14)16/h5-6,8,12-14,16,20H,1-4,7,9-11H2,(H,21,26)/t12-,13+,14+,16+/m1/s1. The van der Waals surface area contributed by atoms with Crippen LogP contribution in [0, 0.1) is 11.8 Å². The van der Waals surface area contributed by atoms with Crippen LogP contribution in [0.15, 0.2) is 22.4 Å². The summed E-state index contributed by atoms with van der Waals surface area (Å²) in [4.78, 5) is 31.9. The molecule has 3 saturated heterocycles. The van der Waals surface area contributed by atoms with Gasteiger partial charge >= 0.3 is 0 Å². The molecule has 2 aromatic rings. The Morgan fingerprint density at radius 3 is 3.15 bits per heavy atom. The predicted octanol–water partition coefficient (Wildman–Crippen LogP) is 0.948. The zero-order valence-electron chi connectivity index (χ0n) is 15.3. The zero-order chi connectivity index (χ0) is 18.4. The van der Waals surface area contributed by atoms with Crippen molar-refractivity contribution in [2.75, 3.05) is 26.2 Å². The predicted molar refractivity (Wildman–Crippen MR) is 104 cm³/mol. The third-order valence-electron chi connectivity index (χ3n) is 6.54. The number of hydrogen-bond acceptors (Lipinski definition) is 6. The fourth-order valence-electron chi connectivity index (χ4n) is 5.36. The van der Waals surface area contributed by atoms with E-state index in [0.717, 1.165) is 25.6 Å². The lowest BCUT2D eigenvalue weighted by molar-refractivity contribution is -0.0371. The van der Waals surface area contributed by atoms with Crippen molar-refractivity contribution in [2.45, 2.75) is 37.8 Å². The number of carbonyl (C=O) groups excluding carboxylic acids is 1. The largest absolute Gasteiger partial charge is 0.349 e. The van der Waals surface area contributed by atoms with Crippen LogP contribution in [0.1, 0.15) is 36.2 Å². The number of amides is 1. The van der Waals surface area contributed by atoms with E-state index in [1.54, 1.807) is 10.6 Å². The van der Waals surface area contributed by atoms with Crippen LogP contribution in [0.3, 0.4) is 0 Å². The van der Waals surface area contributed by atoms with Gasteiger partial charge in [-0.1, -0.05) is 6.42 Å². The molecule has 0 saturated carbocycles. The van der Waals surface area contributed by atoms with Crippen LogP contribution in [0.4, 0.5) is 0 Å². The van der Waals surface area contributed by atoms with E-state index in [-0.39, 0.29) is 11.5 Å². The summed E-state index contributed by atoms with van der Waals surface area (Å²) in [5.74, 6) is 1.14. The van der Waals surface area contributed by atoms with E-state index in [0.29, 0.717) is 35.2 Å². The summed E-state index contributed by atoms with van der Waals surface area (Å²) < 4.78 is 1.70. The van der Waals surface area contributed by atoms with Crippen molar-refractivity contribution in [3.63, 3.8) is 0 Å². The van der Waals surface area contributed by atoms with Gasteiger partial charge in [-0.15, -0.1) is 11.3 Å². The van der Waals surface area contributed by atoms with E-state index < -0.39 is 0 Å². The number of thiazole rings is 1. The molecule has 8 heteroatoms. The van der Waals surface area contributed by atoms with E-state index in [4.69, 9.17) is 0 Å². The van der Waals surface area contributed by atoms with E-state index >= 15 is 0 Å². The van der Waals surface area contributed by atoms with Crippen molar-refractivity contribution in [1.29, 1.82) is 0 Å². The van der Waals surface area contributed by atoms with Crippen molar-refractivity contribution < 1.29 is 4.79 Å². The van der Waals surface area contributed by atoms with Crippen molar-refractivity contribution in [3.05, 3.63) is 33.7 Å².